The van der Waals surface area contributed by atoms with E-state index in [2.05, 4.69) is 24.1 Å². The Balaban J connectivity index is 1.67. The fourth-order valence-electron chi connectivity index (χ4n) is 4.15. The van der Waals surface area contributed by atoms with E-state index in [4.69, 9.17) is 5.11 Å². The Morgan fingerprint density at radius 1 is 1.50 bits per heavy atom. The number of hydrogen-bond donors (Lipinski definition) is 2. The molecule has 3 aliphatic rings. The van der Waals surface area contributed by atoms with Crippen molar-refractivity contribution in [1.82, 2.24) is 4.98 Å². The molecule has 0 radical (unpaired) electrons. The Morgan fingerprint density at radius 3 is 2.95 bits per heavy atom. The number of carboxylic acid groups (broad SMARTS) is 1. The molecule has 4 nitrogen and oxygen atoms in total. The maximum atomic E-state index is 11.2. The van der Waals surface area contributed by atoms with Gasteiger partial charge in [0.2, 0.25) is 0 Å². The first-order valence-corrected chi connectivity index (χ1v) is 7.42. The van der Waals surface area contributed by atoms with E-state index >= 15 is 0 Å². The normalized spacial score (nSPS) is 30.4. The summed E-state index contributed by atoms with van der Waals surface area (Å²) in [4.78, 5) is 15.3. The van der Waals surface area contributed by atoms with Crippen LogP contribution in [0.15, 0.2) is 18.3 Å². The number of carboxylic acids is 1. The van der Waals surface area contributed by atoms with Gasteiger partial charge in [0.25, 0.3) is 0 Å². The smallest absolute Gasteiger partial charge is 0.339 e. The third-order valence-corrected chi connectivity index (χ3v) is 5.57. The fraction of sp³-hybridized carbons (Fsp3) is 0.625. The minimum absolute atomic E-state index is 0.258. The number of nitrogens with one attached hydrogen (secondary N) is 1. The molecule has 1 aromatic rings. The Kier molecular flexibility index (Phi) is 3.19. The average Bonchev–Trinajstić information content (AvgIpc) is 2.45. The molecule has 2 N–H and O–H groups in total. The van der Waals surface area contributed by atoms with Gasteiger partial charge in [-0.1, -0.05) is 13.8 Å². The second kappa shape index (κ2) is 4.76. The number of nitrogens with zero attached hydrogens (tertiary/aromatic N) is 1. The van der Waals surface area contributed by atoms with Crippen LogP contribution in [-0.2, 0) is 0 Å². The lowest BCUT2D eigenvalue weighted by molar-refractivity contribution is -0.100. The third-order valence-electron chi connectivity index (χ3n) is 5.57. The predicted octanol–water partition coefficient (Wildman–Crippen LogP) is 3.26. The molecule has 0 unspecified atom stereocenters. The highest BCUT2D eigenvalue weighted by atomic mass is 16.4. The molecule has 1 aromatic heterocycles. The quantitative estimate of drug-likeness (QED) is 0.884. The highest BCUT2D eigenvalue weighted by Crippen LogP contribution is 2.61. The van der Waals surface area contributed by atoms with Crippen LogP contribution in [-0.4, -0.2) is 22.6 Å². The lowest BCUT2D eigenvalue weighted by Gasteiger charge is -2.60. The number of hydrogen-bond acceptors (Lipinski definition) is 3. The highest BCUT2D eigenvalue weighted by molar-refractivity contribution is 5.92. The van der Waals surface area contributed by atoms with Gasteiger partial charge in [-0.25, -0.2) is 9.78 Å². The lowest BCUT2D eigenvalue weighted by atomic mass is 9.45. The van der Waals surface area contributed by atoms with E-state index in [0.717, 1.165) is 18.4 Å². The van der Waals surface area contributed by atoms with Crippen molar-refractivity contribution in [3.05, 3.63) is 23.9 Å². The van der Waals surface area contributed by atoms with Crippen molar-refractivity contribution >= 4 is 11.8 Å². The maximum absolute atomic E-state index is 11.2. The third kappa shape index (κ3) is 2.07. The first-order valence-electron chi connectivity index (χ1n) is 7.42. The lowest BCUT2D eigenvalue weighted by Crippen LogP contribution is -2.53. The number of fused-ring (bicyclic) bond motifs is 2. The van der Waals surface area contributed by atoms with Crippen molar-refractivity contribution in [1.29, 1.82) is 0 Å². The Bertz CT molecular complexity index is 525. The second-order valence-electron chi connectivity index (χ2n) is 6.78. The number of aromatic nitrogens is 1. The molecule has 20 heavy (non-hydrogen) atoms. The Hall–Kier alpha value is -1.58. The van der Waals surface area contributed by atoms with Crippen molar-refractivity contribution < 1.29 is 9.90 Å². The molecule has 3 fully saturated rings. The SMILES string of the molecule is CC1(C)[C@H]2CC[C@@H](CNc3ncccc3C(=O)O)[C@@H]1C2. The summed E-state index contributed by atoms with van der Waals surface area (Å²) in [5, 5.41) is 12.4. The molecule has 3 saturated carbocycles. The molecule has 4 rings (SSSR count). The van der Waals surface area contributed by atoms with Gasteiger partial charge < -0.3 is 10.4 Å². The molecule has 0 aliphatic heterocycles. The summed E-state index contributed by atoms with van der Waals surface area (Å²) in [6, 6.07) is 3.26. The van der Waals surface area contributed by atoms with Gasteiger partial charge in [0.05, 0.1) is 0 Å². The van der Waals surface area contributed by atoms with Gasteiger partial charge in [0.15, 0.2) is 0 Å². The summed E-state index contributed by atoms with van der Waals surface area (Å²) in [5.74, 6) is 1.88. The largest absolute Gasteiger partial charge is 0.478 e. The maximum Gasteiger partial charge on any atom is 0.339 e. The minimum Gasteiger partial charge on any atom is -0.478 e. The minimum atomic E-state index is -0.923. The molecule has 0 amide bonds. The van der Waals surface area contributed by atoms with E-state index in [-0.39, 0.29) is 5.56 Å². The molecule has 0 spiro atoms. The van der Waals surface area contributed by atoms with Gasteiger partial charge in [-0.2, -0.15) is 0 Å². The van der Waals surface area contributed by atoms with Crippen LogP contribution in [0, 0.1) is 23.2 Å². The van der Waals surface area contributed by atoms with Gasteiger partial charge >= 0.3 is 5.97 Å². The zero-order valence-electron chi connectivity index (χ0n) is 12.1. The van der Waals surface area contributed by atoms with Crippen molar-refractivity contribution in [2.24, 2.45) is 23.2 Å². The van der Waals surface area contributed by atoms with Crippen LogP contribution >= 0.6 is 0 Å². The summed E-state index contributed by atoms with van der Waals surface area (Å²) in [6.45, 7) is 5.58. The van der Waals surface area contributed by atoms with Crippen molar-refractivity contribution in [3.8, 4) is 0 Å². The van der Waals surface area contributed by atoms with Crippen molar-refractivity contribution in [2.45, 2.75) is 33.1 Å². The predicted molar refractivity (Wildman–Crippen MR) is 77.8 cm³/mol. The first-order chi connectivity index (χ1) is 9.50. The van der Waals surface area contributed by atoms with Crippen LogP contribution in [0.1, 0.15) is 43.5 Å². The van der Waals surface area contributed by atoms with Crippen LogP contribution in [0.2, 0.25) is 0 Å². The topological polar surface area (TPSA) is 62.2 Å². The number of anilines is 1. The molecule has 3 atom stereocenters. The highest BCUT2D eigenvalue weighted by Gasteiger charge is 2.53. The van der Waals surface area contributed by atoms with E-state index < -0.39 is 5.97 Å². The van der Waals surface area contributed by atoms with Gasteiger partial charge in [-0.3, -0.25) is 0 Å². The number of aromatic carboxylic acids is 1. The van der Waals surface area contributed by atoms with Gasteiger partial charge in [0, 0.05) is 12.7 Å². The molecule has 108 valence electrons. The molecular weight excluding hydrogens is 252 g/mol. The second-order valence-corrected chi connectivity index (χ2v) is 6.78. The van der Waals surface area contributed by atoms with Crippen molar-refractivity contribution in [3.63, 3.8) is 0 Å². The number of pyridine rings is 1. The van der Waals surface area contributed by atoms with Gasteiger partial charge in [-0.05, 0) is 54.6 Å². The van der Waals surface area contributed by atoms with Crippen LogP contribution in [0.4, 0.5) is 5.82 Å². The van der Waals surface area contributed by atoms with Crippen molar-refractivity contribution in [2.75, 3.05) is 11.9 Å². The Morgan fingerprint density at radius 2 is 2.30 bits per heavy atom. The Labute approximate surface area is 119 Å². The monoisotopic (exact) mass is 274 g/mol. The van der Waals surface area contributed by atoms with Gasteiger partial charge in [0.1, 0.15) is 11.4 Å². The van der Waals surface area contributed by atoms with Crippen LogP contribution in [0.3, 0.4) is 0 Å². The van der Waals surface area contributed by atoms with E-state index in [1.54, 1.807) is 18.3 Å². The number of rotatable bonds is 4. The summed E-state index contributed by atoms with van der Waals surface area (Å²) < 4.78 is 0. The van der Waals surface area contributed by atoms with E-state index in [1.165, 1.54) is 19.3 Å². The summed E-state index contributed by atoms with van der Waals surface area (Å²) in [7, 11) is 0. The zero-order valence-corrected chi connectivity index (χ0v) is 12.1. The average molecular weight is 274 g/mol. The number of carbonyl (C=O) groups is 1. The van der Waals surface area contributed by atoms with Crippen LogP contribution in [0.25, 0.3) is 0 Å². The first kappa shape index (κ1) is 13.4. The van der Waals surface area contributed by atoms with Crippen LogP contribution in [0.5, 0.6) is 0 Å². The molecule has 3 aliphatic carbocycles. The molecule has 0 saturated heterocycles. The summed E-state index contributed by atoms with van der Waals surface area (Å²) in [5.41, 5.74) is 0.721. The molecule has 2 bridgehead atoms. The van der Waals surface area contributed by atoms with Crippen LogP contribution < -0.4 is 5.32 Å². The van der Waals surface area contributed by atoms with E-state index in [9.17, 15) is 4.79 Å². The van der Waals surface area contributed by atoms with E-state index in [0.29, 0.717) is 17.2 Å². The zero-order chi connectivity index (χ0) is 14.3. The summed E-state index contributed by atoms with van der Waals surface area (Å²) in [6.07, 6.45) is 5.54. The molecule has 1 heterocycles. The fourth-order valence-corrected chi connectivity index (χ4v) is 4.15. The molecule has 4 heteroatoms. The standard InChI is InChI=1S/C16H22N2O2/c1-16(2)11-6-5-10(13(16)8-11)9-18-14-12(15(19)20)4-3-7-17-14/h3-4,7,10-11,13H,5-6,8-9H2,1-2H3,(H,17,18)(H,19,20)/t10-,11-,13-/m0/s1. The van der Waals surface area contributed by atoms with E-state index in [1.807, 2.05) is 0 Å². The molecular formula is C16H22N2O2. The van der Waals surface area contributed by atoms with Gasteiger partial charge in [-0.15, -0.1) is 0 Å². The molecule has 0 aromatic carbocycles. The summed E-state index contributed by atoms with van der Waals surface area (Å²) >= 11 is 0.